The third-order valence-corrected chi connectivity index (χ3v) is 3.75. The molecule has 0 N–H and O–H groups in total. The van der Waals surface area contributed by atoms with E-state index in [0.29, 0.717) is 6.61 Å². The minimum Gasteiger partial charge on any atom is -0.488 e. The zero-order chi connectivity index (χ0) is 15.4. The number of ether oxygens (including phenoxy) is 1. The van der Waals surface area contributed by atoms with Gasteiger partial charge < -0.3 is 4.74 Å². The highest BCUT2D eigenvalue weighted by Crippen LogP contribution is 2.38. The van der Waals surface area contributed by atoms with Gasteiger partial charge in [-0.3, -0.25) is 4.68 Å². The molecule has 0 saturated carbocycles. The number of aryl methyl sites for hydroxylation is 1. The van der Waals surface area contributed by atoms with Crippen LogP contribution in [0.25, 0.3) is 22.5 Å². The van der Waals surface area contributed by atoms with E-state index in [4.69, 9.17) is 4.74 Å². The Labute approximate surface area is 138 Å². The van der Waals surface area contributed by atoms with Crippen molar-refractivity contribution in [2.75, 3.05) is 11.9 Å². The normalized spacial score (nSPS) is 10.6. The topological polar surface area (TPSA) is 27.1 Å². The van der Waals surface area contributed by atoms with Crippen LogP contribution in [0, 0.1) is 0 Å². The summed E-state index contributed by atoms with van der Waals surface area (Å²) in [5.41, 5.74) is 4.04. The van der Waals surface area contributed by atoms with Gasteiger partial charge in [-0.25, -0.2) is 0 Å². The van der Waals surface area contributed by atoms with E-state index in [0.717, 1.165) is 33.6 Å². The standard InChI is InChI=1S/C18H17BrN2O/c1-21-17(15-10-6-3-7-11-15)18(22-13-12-19)16(20-21)14-8-4-2-5-9-14/h2-11H,12-13H2,1H3. The van der Waals surface area contributed by atoms with Crippen molar-refractivity contribution in [3.05, 3.63) is 60.7 Å². The molecule has 2 aromatic carbocycles. The van der Waals surface area contributed by atoms with Crippen LogP contribution in [-0.4, -0.2) is 21.7 Å². The van der Waals surface area contributed by atoms with Gasteiger partial charge in [0.2, 0.25) is 0 Å². The van der Waals surface area contributed by atoms with Crippen molar-refractivity contribution in [2.24, 2.45) is 7.05 Å². The van der Waals surface area contributed by atoms with E-state index in [1.54, 1.807) is 0 Å². The number of halogens is 1. The lowest BCUT2D eigenvalue weighted by atomic mass is 10.1. The predicted octanol–water partition coefficient (Wildman–Crippen LogP) is 4.53. The molecule has 22 heavy (non-hydrogen) atoms. The number of nitrogens with zero attached hydrogens (tertiary/aromatic N) is 2. The van der Waals surface area contributed by atoms with E-state index in [9.17, 15) is 0 Å². The number of alkyl halides is 1. The van der Waals surface area contributed by atoms with Crippen molar-refractivity contribution in [1.82, 2.24) is 9.78 Å². The van der Waals surface area contributed by atoms with Crippen LogP contribution in [0.4, 0.5) is 0 Å². The zero-order valence-electron chi connectivity index (χ0n) is 12.4. The molecule has 3 rings (SSSR count). The summed E-state index contributed by atoms with van der Waals surface area (Å²) < 4.78 is 7.91. The average molecular weight is 357 g/mol. The lowest BCUT2D eigenvalue weighted by molar-refractivity contribution is 0.347. The average Bonchev–Trinajstić information content (AvgIpc) is 2.91. The smallest absolute Gasteiger partial charge is 0.173 e. The summed E-state index contributed by atoms with van der Waals surface area (Å²) in [6.07, 6.45) is 0. The van der Waals surface area contributed by atoms with Crippen LogP contribution >= 0.6 is 15.9 Å². The Morgan fingerprint density at radius 2 is 1.55 bits per heavy atom. The summed E-state index contributed by atoms with van der Waals surface area (Å²) >= 11 is 3.42. The minimum atomic E-state index is 0.603. The van der Waals surface area contributed by atoms with Gasteiger partial charge in [-0.2, -0.15) is 5.10 Å². The number of hydrogen-bond donors (Lipinski definition) is 0. The lowest BCUT2D eigenvalue weighted by Crippen LogP contribution is -2.00. The largest absolute Gasteiger partial charge is 0.488 e. The molecule has 0 bridgehead atoms. The molecular weight excluding hydrogens is 340 g/mol. The first-order valence-corrected chi connectivity index (χ1v) is 8.30. The fourth-order valence-corrected chi connectivity index (χ4v) is 2.64. The van der Waals surface area contributed by atoms with Crippen molar-refractivity contribution < 1.29 is 4.74 Å². The second-order valence-corrected chi connectivity index (χ2v) is 5.71. The summed E-state index contributed by atoms with van der Waals surface area (Å²) in [4.78, 5) is 0. The molecule has 3 nitrogen and oxygen atoms in total. The SMILES string of the molecule is Cn1nc(-c2ccccc2)c(OCCBr)c1-c1ccccc1. The molecular formula is C18H17BrN2O. The first kappa shape index (κ1) is 14.9. The molecule has 0 saturated heterocycles. The van der Waals surface area contributed by atoms with Crippen molar-refractivity contribution in [1.29, 1.82) is 0 Å². The molecule has 0 aliphatic rings. The quantitative estimate of drug-likeness (QED) is 0.628. The Hall–Kier alpha value is -2.07. The van der Waals surface area contributed by atoms with Gasteiger partial charge in [0, 0.05) is 23.5 Å². The third-order valence-electron chi connectivity index (χ3n) is 3.42. The molecule has 4 heteroatoms. The maximum atomic E-state index is 6.02. The second-order valence-electron chi connectivity index (χ2n) is 4.92. The van der Waals surface area contributed by atoms with Gasteiger partial charge in [-0.05, 0) is 0 Å². The van der Waals surface area contributed by atoms with Gasteiger partial charge in [-0.15, -0.1) is 0 Å². The molecule has 1 heterocycles. The molecule has 0 fully saturated rings. The van der Waals surface area contributed by atoms with E-state index in [1.165, 1.54) is 0 Å². The highest BCUT2D eigenvalue weighted by molar-refractivity contribution is 9.09. The summed E-state index contributed by atoms with van der Waals surface area (Å²) in [5, 5.41) is 5.47. The van der Waals surface area contributed by atoms with Crippen LogP contribution in [0.3, 0.4) is 0 Å². The highest BCUT2D eigenvalue weighted by atomic mass is 79.9. The van der Waals surface area contributed by atoms with E-state index in [-0.39, 0.29) is 0 Å². The van der Waals surface area contributed by atoms with Gasteiger partial charge in [0.1, 0.15) is 11.4 Å². The van der Waals surface area contributed by atoms with Crippen molar-refractivity contribution in [2.45, 2.75) is 0 Å². The number of benzene rings is 2. The molecule has 0 atom stereocenters. The Bertz CT molecular complexity index is 739. The fourth-order valence-electron chi connectivity index (χ4n) is 2.48. The Morgan fingerprint density at radius 1 is 0.955 bits per heavy atom. The summed E-state index contributed by atoms with van der Waals surface area (Å²) in [6, 6.07) is 20.4. The second kappa shape index (κ2) is 6.79. The fraction of sp³-hybridized carbons (Fsp3) is 0.167. The molecule has 0 amide bonds. The molecule has 112 valence electrons. The summed E-state index contributed by atoms with van der Waals surface area (Å²) in [5.74, 6) is 0.833. The molecule has 0 aliphatic heterocycles. The van der Waals surface area contributed by atoms with Crippen LogP contribution < -0.4 is 4.74 Å². The molecule has 0 unspecified atom stereocenters. The van der Waals surface area contributed by atoms with Gasteiger partial charge >= 0.3 is 0 Å². The van der Waals surface area contributed by atoms with Gasteiger partial charge in [0.15, 0.2) is 5.75 Å². The monoisotopic (exact) mass is 356 g/mol. The van der Waals surface area contributed by atoms with Crippen molar-refractivity contribution in [3.63, 3.8) is 0 Å². The van der Waals surface area contributed by atoms with E-state index >= 15 is 0 Å². The van der Waals surface area contributed by atoms with Crippen LogP contribution in [0.5, 0.6) is 5.75 Å². The summed E-state index contributed by atoms with van der Waals surface area (Å²) in [7, 11) is 1.95. The Morgan fingerprint density at radius 3 is 2.14 bits per heavy atom. The number of aromatic nitrogens is 2. The molecule has 3 aromatic rings. The first-order valence-electron chi connectivity index (χ1n) is 7.18. The van der Waals surface area contributed by atoms with Crippen molar-refractivity contribution >= 4 is 15.9 Å². The van der Waals surface area contributed by atoms with Gasteiger partial charge in [0.05, 0.1) is 6.61 Å². The maximum Gasteiger partial charge on any atom is 0.173 e. The third kappa shape index (κ3) is 2.92. The van der Waals surface area contributed by atoms with E-state index in [2.05, 4.69) is 45.3 Å². The molecule has 1 aromatic heterocycles. The van der Waals surface area contributed by atoms with E-state index < -0.39 is 0 Å². The number of rotatable bonds is 5. The Kier molecular flexibility index (Phi) is 4.59. The van der Waals surface area contributed by atoms with Crippen LogP contribution in [0.1, 0.15) is 0 Å². The van der Waals surface area contributed by atoms with Gasteiger partial charge in [-0.1, -0.05) is 76.6 Å². The molecule has 0 aliphatic carbocycles. The first-order chi connectivity index (χ1) is 10.8. The highest BCUT2D eigenvalue weighted by Gasteiger charge is 2.20. The molecule has 0 radical (unpaired) electrons. The van der Waals surface area contributed by atoms with Crippen LogP contribution in [0.2, 0.25) is 0 Å². The Balaban J connectivity index is 2.16. The zero-order valence-corrected chi connectivity index (χ0v) is 14.0. The van der Waals surface area contributed by atoms with Crippen LogP contribution in [-0.2, 0) is 7.05 Å². The molecule has 0 spiro atoms. The summed E-state index contributed by atoms with van der Waals surface area (Å²) in [6.45, 7) is 0.603. The minimum absolute atomic E-state index is 0.603. The van der Waals surface area contributed by atoms with Crippen LogP contribution in [0.15, 0.2) is 60.7 Å². The maximum absolute atomic E-state index is 6.02. The lowest BCUT2D eigenvalue weighted by Gasteiger charge is -2.09. The van der Waals surface area contributed by atoms with E-state index in [1.807, 2.05) is 48.1 Å². The number of hydrogen-bond acceptors (Lipinski definition) is 2. The van der Waals surface area contributed by atoms with Gasteiger partial charge in [0.25, 0.3) is 0 Å². The predicted molar refractivity (Wildman–Crippen MR) is 93.4 cm³/mol. The van der Waals surface area contributed by atoms with Crippen molar-refractivity contribution in [3.8, 4) is 28.3 Å².